The molecule has 1 aromatic heterocycles. The average Bonchev–Trinajstić information content (AvgIpc) is 2.37. The Kier molecular flexibility index (Phi) is 6.50. The van der Waals surface area contributed by atoms with E-state index in [-0.39, 0.29) is 23.7 Å². The molecule has 0 saturated heterocycles. The first-order valence-corrected chi connectivity index (χ1v) is 7.18. The highest BCUT2D eigenvalue weighted by atomic mass is 35.5. The monoisotopic (exact) mass is 306 g/mol. The summed E-state index contributed by atoms with van der Waals surface area (Å²) in [5, 5.41) is 20.2. The number of ether oxygens (including phenoxy) is 1. The SMILES string of the molecule is CCOC(=O)CC(O)C(O)c1cnc(SC)nc1Cl. The minimum absolute atomic E-state index is 0.0507. The van der Waals surface area contributed by atoms with Gasteiger partial charge in [0.25, 0.3) is 0 Å². The highest BCUT2D eigenvalue weighted by molar-refractivity contribution is 7.98. The van der Waals surface area contributed by atoms with Gasteiger partial charge in [0.05, 0.1) is 19.1 Å². The molecule has 2 atom stereocenters. The average molecular weight is 307 g/mol. The topological polar surface area (TPSA) is 92.5 Å². The lowest BCUT2D eigenvalue weighted by molar-refractivity contribution is -0.147. The van der Waals surface area contributed by atoms with Crippen LogP contribution in [0.1, 0.15) is 25.0 Å². The number of esters is 1. The van der Waals surface area contributed by atoms with Crippen LogP contribution in [-0.2, 0) is 9.53 Å². The standard InChI is InChI=1S/C11H15ClN2O4S/c1-3-18-8(16)4-7(15)9(17)6-5-13-11(19-2)14-10(6)12/h5,7,9,15,17H,3-4H2,1-2H3. The highest BCUT2D eigenvalue weighted by Gasteiger charge is 2.25. The van der Waals surface area contributed by atoms with Crippen molar-refractivity contribution in [1.29, 1.82) is 0 Å². The fraction of sp³-hybridized carbons (Fsp3) is 0.545. The molecule has 0 bridgehead atoms. The number of nitrogens with zero attached hydrogens (tertiary/aromatic N) is 2. The Labute approximate surface area is 120 Å². The van der Waals surface area contributed by atoms with Gasteiger partial charge in [-0.2, -0.15) is 0 Å². The molecule has 0 aliphatic carbocycles. The number of aliphatic hydroxyl groups is 2. The van der Waals surface area contributed by atoms with E-state index in [9.17, 15) is 15.0 Å². The van der Waals surface area contributed by atoms with E-state index in [2.05, 4.69) is 14.7 Å². The maximum atomic E-state index is 11.2. The first-order chi connectivity index (χ1) is 8.99. The third-order valence-corrected chi connectivity index (χ3v) is 3.16. The van der Waals surface area contributed by atoms with Crippen molar-refractivity contribution in [3.05, 3.63) is 16.9 Å². The summed E-state index contributed by atoms with van der Waals surface area (Å²) in [6, 6.07) is 0. The van der Waals surface area contributed by atoms with Crippen LogP contribution in [-0.4, -0.2) is 45.1 Å². The molecule has 0 aliphatic heterocycles. The molecule has 0 amide bonds. The third-order valence-electron chi connectivity index (χ3n) is 2.29. The second kappa shape index (κ2) is 7.64. The summed E-state index contributed by atoms with van der Waals surface area (Å²) in [4.78, 5) is 19.1. The van der Waals surface area contributed by atoms with Crippen LogP contribution < -0.4 is 0 Å². The Bertz CT molecular complexity index is 447. The van der Waals surface area contributed by atoms with E-state index in [1.807, 2.05) is 0 Å². The van der Waals surface area contributed by atoms with E-state index in [1.165, 1.54) is 18.0 Å². The van der Waals surface area contributed by atoms with Gasteiger partial charge in [-0.1, -0.05) is 23.4 Å². The van der Waals surface area contributed by atoms with E-state index in [0.29, 0.717) is 5.16 Å². The molecule has 2 N–H and O–H groups in total. The second-order valence-electron chi connectivity index (χ2n) is 3.62. The molecule has 0 radical (unpaired) electrons. The molecule has 19 heavy (non-hydrogen) atoms. The van der Waals surface area contributed by atoms with Crippen molar-refractivity contribution in [1.82, 2.24) is 9.97 Å². The molecule has 8 heteroatoms. The van der Waals surface area contributed by atoms with E-state index >= 15 is 0 Å². The van der Waals surface area contributed by atoms with Crippen molar-refractivity contribution in [2.24, 2.45) is 0 Å². The fourth-order valence-corrected chi connectivity index (χ4v) is 1.99. The lowest BCUT2D eigenvalue weighted by atomic mass is 10.1. The highest BCUT2D eigenvalue weighted by Crippen LogP contribution is 2.26. The molecule has 0 fully saturated rings. The Morgan fingerprint density at radius 2 is 2.26 bits per heavy atom. The number of hydrogen-bond donors (Lipinski definition) is 2. The molecule has 1 rings (SSSR count). The van der Waals surface area contributed by atoms with Crippen LogP contribution in [0.25, 0.3) is 0 Å². The van der Waals surface area contributed by atoms with Crippen molar-refractivity contribution in [3.8, 4) is 0 Å². The summed E-state index contributed by atoms with van der Waals surface area (Å²) in [5.41, 5.74) is 0.177. The van der Waals surface area contributed by atoms with Crippen LogP contribution >= 0.6 is 23.4 Å². The minimum Gasteiger partial charge on any atom is -0.466 e. The molecule has 0 aromatic carbocycles. The first kappa shape index (κ1) is 16.2. The smallest absolute Gasteiger partial charge is 0.308 e. The summed E-state index contributed by atoms with van der Waals surface area (Å²) in [5.74, 6) is -0.591. The zero-order valence-electron chi connectivity index (χ0n) is 10.5. The summed E-state index contributed by atoms with van der Waals surface area (Å²) in [6.07, 6.45) is 0.140. The zero-order valence-corrected chi connectivity index (χ0v) is 12.1. The quantitative estimate of drug-likeness (QED) is 0.353. The van der Waals surface area contributed by atoms with E-state index in [1.54, 1.807) is 13.2 Å². The number of aromatic nitrogens is 2. The van der Waals surface area contributed by atoms with E-state index in [4.69, 9.17) is 11.6 Å². The van der Waals surface area contributed by atoms with Gasteiger partial charge in [0.2, 0.25) is 0 Å². The molecule has 0 spiro atoms. The molecule has 1 heterocycles. The minimum atomic E-state index is -1.34. The lowest BCUT2D eigenvalue weighted by Crippen LogP contribution is -2.23. The summed E-state index contributed by atoms with van der Waals surface area (Å²) in [6.45, 7) is 1.88. The number of halogens is 1. The van der Waals surface area contributed by atoms with Gasteiger partial charge < -0.3 is 14.9 Å². The molecular weight excluding hydrogens is 292 g/mol. The van der Waals surface area contributed by atoms with Crippen LogP contribution in [0, 0.1) is 0 Å². The molecule has 0 aliphatic rings. The fourth-order valence-electron chi connectivity index (χ4n) is 1.36. The van der Waals surface area contributed by atoms with E-state index < -0.39 is 18.2 Å². The molecule has 1 aromatic rings. The number of hydrogen-bond acceptors (Lipinski definition) is 7. The Hall–Kier alpha value is -0.890. The van der Waals surface area contributed by atoms with Gasteiger partial charge >= 0.3 is 5.97 Å². The Morgan fingerprint density at radius 3 is 2.79 bits per heavy atom. The number of carbonyl (C=O) groups excluding carboxylic acids is 1. The summed E-state index contributed by atoms with van der Waals surface area (Å²) >= 11 is 7.20. The number of aliphatic hydroxyl groups excluding tert-OH is 2. The van der Waals surface area contributed by atoms with Gasteiger partial charge in [0, 0.05) is 11.8 Å². The summed E-state index contributed by atoms with van der Waals surface area (Å²) in [7, 11) is 0. The van der Waals surface area contributed by atoms with Gasteiger partial charge in [-0.3, -0.25) is 4.79 Å². The van der Waals surface area contributed by atoms with Crippen molar-refractivity contribution in [2.75, 3.05) is 12.9 Å². The number of carbonyl (C=O) groups is 1. The normalized spacial score (nSPS) is 13.9. The Morgan fingerprint density at radius 1 is 1.58 bits per heavy atom. The van der Waals surface area contributed by atoms with Gasteiger partial charge in [-0.05, 0) is 13.2 Å². The first-order valence-electron chi connectivity index (χ1n) is 5.57. The zero-order chi connectivity index (χ0) is 14.4. The Balaban J connectivity index is 2.76. The molecular formula is C11H15ClN2O4S. The van der Waals surface area contributed by atoms with Crippen LogP contribution in [0.2, 0.25) is 5.15 Å². The maximum absolute atomic E-state index is 11.2. The van der Waals surface area contributed by atoms with Gasteiger partial charge in [0.1, 0.15) is 11.3 Å². The second-order valence-corrected chi connectivity index (χ2v) is 4.76. The van der Waals surface area contributed by atoms with Gasteiger partial charge in [-0.25, -0.2) is 9.97 Å². The van der Waals surface area contributed by atoms with Crippen LogP contribution in [0.5, 0.6) is 0 Å². The number of thioether (sulfide) groups is 1. The van der Waals surface area contributed by atoms with Crippen LogP contribution in [0.15, 0.2) is 11.4 Å². The van der Waals surface area contributed by atoms with Gasteiger partial charge in [0.15, 0.2) is 5.16 Å². The largest absolute Gasteiger partial charge is 0.466 e. The molecule has 6 nitrogen and oxygen atoms in total. The maximum Gasteiger partial charge on any atom is 0.308 e. The lowest BCUT2D eigenvalue weighted by Gasteiger charge is -2.17. The van der Waals surface area contributed by atoms with Crippen molar-refractivity contribution in [3.63, 3.8) is 0 Å². The molecule has 106 valence electrons. The van der Waals surface area contributed by atoms with Crippen molar-refractivity contribution < 1.29 is 19.7 Å². The van der Waals surface area contributed by atoms with Crippen LogP contribution in [0.3, 0.4) is 0 Å². The predicted molar refractivity (Wildman–Crippen MR) is 71.0 cm³/mol. The van der Waals surface area contributed by atoms with E-state index in [0.717, 1.165) is 0 Å². The number of rotatable bonds is 6. The molecule has 2 unspecified atom stereocenters. The van der Waals surface area contributed by atoms with Gasteiger partial charge in [-0.15, -0.1) is 0 Å². The molecule has 0 saturated carbocycles. The third kappa shape index (κ3) is 4.61. The summed E-state index contributed by atoms with van der Waals surface area (Å²) < 4.78 is 4.69. The van der Waals surface area contributed by atoms with Crippen molar-refractivity contribution >= 4 is 29.3 Å². The van der Waals surface area contributed by atoms with Crippen LogP contribution in [0.4, 0.5) is 0 Å². The predicted octanol–water partition coefficient (Wildman–Crippen LogP) is 1.20. The van der Waals surface area contributed by atoms with Crippen molar-refractivity contribution in [2.45, 2.75) is 30.7 Å².